The van der Waals surface area contributed by atoms with Crippen LogP contribution in [0.25, 0.3) is 5.69 Å². The highest BCUT2D eigenvalue weighted by atomic mass is 32.2. The Kier molecular flexibility index (Phi) is 4.06. The highest BCUT2D eigenvalue weighted by molar-refractivity contribution is 8.00. The molecule has 0 unspecified atom stereocenters. The van der Waals surface area contributed by atoms with Crippen molar-refractivity contribution in [1.29, 1.82) is 0 Å². The average Bonchev–Trinajstić information content (AvgIpc) is 3.53. The van der Waals surface area contributed by atoms with E-state index in [9.17, 15) is 19.5 Å². The number of carbonyl (C=O) groups is 2. The molecule has 0 amide bonds. The van der Waals surface area contributed by atoms with Crippen LogP contribution in [0.2, 0.25) is 0 Å². The van der Waals surface area contributed by atoms with Crippen LogP contribution < -0.4 is 4.87 Å². The number of aromatic hydroxyl groups is 1. The van der Waals surface area contributed by atoms with E-state index >= 15 is 0 Å². The third-order valence-corrected chi connectivity index (χ3v) is 10.6. The van der Waals surface area contributed by atoms with Crippen molar-refractivity contribution in [3.8, 4) is 11.4 Å². The van der Waals surface area contributed by atoms with Crippen LogP contribution in [0, 0.1) is 29.6 Å². The summed E-state index contributed by atoms with van der Waals surface area (Å²) in [5, 5.41) is 11.8. The van der Waals surface area contributed by atoms with Gasteiger partial charge in [-0.2, -0.15) is 0 Å². The van der Waals surface area contributed by atoms with Crippen LogP contribution in [0.4, 0.5) is 0 Å². The predicted octanol–water partition coefficient (Wildman–Crippen LogP) is 3.79. The Morgan fingerprint density at radius 1 is 0.909 bits per heavy atom. The molecule has 8 heteroatoms. The van der Waals surface area contributed by atoms with Crippen molar-refractivity contribution < 1.29 is 19.4 Å². The molecule has 1 N–H and O–H groups in total. The van der Waals surface area contributed by atoms with Gasteiger partial charge in [-0.05, 0) is 42.4 Å². The molecule has 7 atom stereocenters. The number of aromatic nitrogens is 1. The van der Waals surface area contributed by atoms with Gasteiger partial charge in [0.05, 0.1) is 22.5 Å². The van der Waals surface area contributed by atoms with Crippen molar-refractivity contribution in [3.63, 3.8) is 0 Å². The van der Waals surface area contributed by atoms with Crippen LogP contribution in [0.15, 0.2) is 64.4 Å². The van der Waals surface area contributed by atoms with E-state index in [1.807, 2.05) is 42.5 Å². The van der Waals surface area contributed by atoms with Crippen LogP contribution >= 0.6 is 23.1 Å². The number of ether oxygens (including phenoxy) is 1. The Hall–Kier alpha value is -2.84. The zero-order valence-electron chi connectivity index (χ0n) is 17.3. The molecule has 3 heterocycles. The molecule has 0 radical (unpaired) electrons. The number of para-hydroxylation sites is 2. The summed E-state index contributed by atoms with van der Waals surface area (Å²) in [6.07, 6.45) is 0.799. The lowest BCUT2D eigenvalue weighted by Gasteiger charge is -2.43. The second-order valence-electron chi connectivity index (χ2n) is 9.26. The van der Waals surface area contributed by atoms with Gasteiger partial charge in [-0.1, -0.05) is 47.7 Å². The summed E-state index contributed by atoms with van der Waals surface area (Å²) in [7, 11) is 0. The molecule has 2 bridgehead atoms. The lowest BCUT2D eigenvalue weighted by molar-refractivity contribution is -0.154. The van der Waals surface area contributed by atoms with E-state index < -0.39 is 23.8 Å². The number of rotatable bonds is 2. The number of thiazole rings is 1. The molecular weight excluding hydrogens is 458 g/mol. The average molecular weight is 478 g/mol. The third-order valence-electron chi connectivity index (χ3n) is 7.89. The summed E-state index contributed by atoms with van der Waals surface area (Å²) in [5.74, 6) is -1.56. The smallest absolute Gasteiger partial charge is 0.317 e. The molecule has 6 nitrogen and oxygen atoms in total. The normalized spacial score (nSPS) is 33.5. The van der Waals surface area contributed by atoms with Crippen LogP contribution in [-0.2, 0) is 14.3 Å². The van der Waals surface area contributed by atoms with E-state index in [1.54, 1.807) is 28.5 Å². The first-order valence-electron chi connectivity index (χ1n) is 11.1. The van der Waals surface area contributed by atoms with Crippen molar-refractivity contribution in [3.05, 3.63) is 74.7 Å². The van der Waals surface area contributed by atoms with Crippen molar-refractivity contribution in [2.45, 2.75) is 22.6 Å². The SMILES string of the molecule is O=C1OC(=O)[C@@H]2[C@H]3C[C@H]([C@@H]12)[C@H]1[C@H](c2ccccc2O)c2sc(=O)n(-c4ccccc4)c2S[C@@H]31. The monoisotopic (exact) mass is 477 g/mol. The first-order valence-corrected chi connectivity index (χ1v) is 12.8. The van der Waals surface area contributed by atoms with Crippen molar-refractivity contribution >= 4 is 35.0 Å². The number of nitrogens with zero attached hydrogens (tertiary/aromatic N) is 1. The Bertz CT molecular complexity index is 1380. The van der Waals surface area contributed by atoms with Crippen molar-refractivity contribution in [1.82, 2.24) is 4.57 Å². The molecular formula is C25H19NO5S2. The highest BCUT2D eigenvalue weighted by Gasteiger charge is 2.69. The fourth-order valence-corrected chi connectivity index (χ4v) is 9.93. The summed E-state index contributed by atoms with van der Waals surface area (Å²) in [4.78, 5) is 39.2. The first kappa shape index (κ1) is 19.6. The molecule has 2 aliphatic heterocycles. The topological polar surface area (TPSA) is 85.6 Å². The molecule has 7 rings (SSSR count). The molecule has 3 fully saturated rings. The fourth-order valence-electron chi connectivity index (χ4n) is 6.77. The van der Waals surface area contributed by atoms with E-state index in [-0.39, 0.29) is 39.5 Å². The fraction of sp³-hybridized carbons (Fsp3) is 0.320. The van der Waals surface area contributed by atoms with Gasteiger partial charge in [0.25, 0.3) is 0 Å². The zero-order chi connectivity index (χ0) is 22.4. The maximum Gasteiger partial charge on any atom is 0.317 e. The molecule has 2 aromatic carbocycles. The number of benzene rings is 2. The van der Waals surface area contributed by atoms with Gasteiger partial charge in [-0.25, -0.2) is 0 Å². The van der Waals surface area contributed by atoms with E-state index in [0.29, 0.717) is 0 Å². The molecule has 0 spiro atoms. The molecule has 2 saturated carbocycles. The predicted molar refractivity (Wildman–Crippen MR) is 123 cm³/mol. The summed E-state index contributed by atoms with van der Waals surface area (Å²) < 4.78 is 6.82. The molecule has 4 aliphatic rings. The minimum Gasteiger partial charge on any atom is -0.508 e. The largest absolute Gasteiger partial charge is 0.508 e. The van der Waals surface area contributed by atoms with E-state index in [2.05, 4.69) is 0 Å². The number of hydrogen-bond donors (Lipinski definition) is 1. The van der Waals surface area contributed by atoms with Gasteiger partial charge in [0, 0.05) is 21.6 Å². The minimum absolute atomic E-state index is 0.00316. The highest BCUT2D eigenvalue weighted by Crippen LogP contribution is 2.69. The summed E-state index contributed by atoms with van der Waals surface area (Å²) >= 11 is 2.88. The van der Waals surface area contributed by atoms with Crippen LogP contribution in [0.3, 0.4) is 0 Å². The Labute approximate surface area is 197 Å². The van der Waals surface area contributed by atoms with Crippen LogP contribution in [-0.4, -0.2) is 26.9 Å². The summed E-state index contributed by atoms with van der Waals surface area (Å²) in [6, 6.07) is 16.8. The molecule has 166 valence electrons. The van der Waals surface area contributed by atoms with Crippen LogP contribution in [0.1, 0.15) is 22.8 Å². The molecule has 3 aromatic rings. The maximum absolute atomic E-state index is 13.2. The number of carbonyl (C=O) groups excluding carboxylic acids is 2. The minimum atomic E-state index is -0.410. The van der Waals surface area contributed by atoms with Gasteiger partial charge < -0.3 is 9.84 Å². The van der Waals surface area contributed by atoms with E-state index in [4.69, 9.17) is 4.74 Å². The maximum atomic E-state index is 13.2. The number of thioether (sulfide) groups is 1. The van der Waals surface area contributed by atoms with E-state index in [0.717, 1.165) is 27.6 Å². The van der Waals surface area contributed by atoms with Crippen molar-refractivity contribution in [2.24, 2.45) is 29.6 Å². The second-order valence-corrected chi connectivity index (χ2v) is 11.4. The molecule has 2 aliphatic carbocycles. The van der Waals surface area contributed by atoms with Crippen molar-refractivity contribution in [2.75, 3.05) is 0 Å². The molecule has 1 saturated heterocycles. The third kappa shape index (κ3) is 2.53. The Balaban J connectivity index is 1.45. The van der Waals surface area contributed by atoms with Gasteiger partial charge in [-0.3, -0.25) is 19.0 Å². The molecule has 33 heavy (non-hydrogen) atoms. The zero-order valence-corrected chi connectivity index (χ0v) is 18.9. The summed E-state index contributed by atoms with van der Waals surface area (Å²) in [6.45, 7) is 0. The van der Waals surface area contributed by atoms with Gasteiger partial charge >= 0.3 is 16.8 Å². The van der Waals surface area contributed by atoms with E-state index in [1.165, 1.54) is 11.3 Å². The number of esters is 2. The second kappa shape index (κ2) is 6.84. The number of phenolic OH excluding ortho intramolecular Hbond substituents is 1. The van der Waals surface area contributed by atoms with Crippen LogP contribution in [0.5, 0.6) is 5.75 Å². The Morgan fingerprint density at radius 3 is 2.36 bits per heavy atom. The number of cyclic esters (lactones) is 2. The lowest BCUT2D eigenvalue weighted by atomic mass is 9.68. The number of hydrogen-bond acceptors (Lipinski definition) is 7. The van der Waals surface area contributed by atoms with Gasteiger partial charge in [0.1, 0.15) is 5.75 Å². The first-order chi connectivity index (χ1) is 16.0. The number of fused-ring (bicyclic) bond motifs is 9. The molecule has 1 aromatic heterocycles. The standard InChI is InChI=1S/C25H19NO5S2/c27-15-9-5-4-8-12(15)16-17-13-10-14(19-18(13)23(28)31-24(19)29)20(17)32-22-21(16)33-25(30)26(22)11-6-2-1-3-7-11/h1-9,13-14,16-20,27H,10H2/t13-,14+,16-,17-,18+,19+,20-/m0/s1. The van der Waals surface area contributed by atoms with Gasteiger partial charge in [-0.15, -0.1) is 11.8 Å². The number of phenols is 1. The summed E-state index contributed by atoms with van der Waals surface area (Å²) in [5.41, 5.74) is 1.58. The quantitative estimate of drug-likeness (QED) is 0.447. The van der Waals surface area contributed by atoms with Gasteiger partial charge in [0.2, 0.25) is 0 Å². The van der Waals surface area contributed by atoms with Gasteiger partial charge in [0.15, 0.2) is 0 Å². The lowest BCUT2D eigenvalue weighted by Crippen LogP contribution is -2.43. The Morgan fingerprint density at radius 2 is 1.61 bits per heavy atom.